The molecule has 3 aromatic heterocycles. The number of nitrogen functional groups attached to an aromatic ring is 1. The second-order valence-electron chi connectivity index (χ2n) is 15.4. The summed E-state index contributed by atoms with van der Waals surface area (Å²) in [7, 11) is 0. The van der Waals surface area contributed by atoms with Crippen molar-refractivity contribution < 1.29 is 18.7 Å². The number of rotatable bonds is 7. The minimum absolute atomic E-state index is 0.217. The van der Waals surface area contributed by atoms with Crippen LogP contribution in [0.1, 0.15) is 71.3 Å². The van der Waals surface area contributed by atoms with E-state index in [1.165, 1.54) is 0 Å². The number of hydrogen-bond acceptors (Lipinski definition) is 8. The number of anilines is 2. The number of carbonyl (C=O) groups is 2. The van der Waals surface area contributed by atoms with E-state index in [9.17, 15) is 9.59 Å². The summed E-state index contributed by atoms with van der Waals surface area (Å²) in [6, 6.07) is 21.0. The van der Waals surface area contributed by atoms with E-state index >= 15 is 4.39 Å². The van der Waals surface area contributed by atoms with Crippen LogP contribution in [0.3, 0.4) is 0 Å². The number of likely N-dealkylation sites (tertiary alicyclic amines) is 1. The van der Waals surface area contributed by atoms with Crippen LogP contribution < -0.4 is 16.0 Å². The zero-order valence-electron chi connectivity index (χ0n) is 30.4. The number of hydrogen-bond donors (Lipinski definition) is 2. The fourth-order valence-corrected chi connectivity index (χ4v) is 8.02. The van der Waals surface area contributed by atoms with Crippen molar-refractivity contribution in [2.24, 2.45) is 0 Å². The second-order valence-corrected chi connectivity index (χ2v) is 15.4. The Balaban J connectivity index is 1.14. The zero-order chi connectivity index (χ0) is 36.9. The van der Waals surface area contributed by atoms with Gasteiger partial charge in [-0.25, -0.2) is 24.1 Å². The number of halogens is 1. The summed E-state index contributed by atoms with van der Waals surface area (Å²) in [4.78, 5) is 43.6. The predicted molar refractivity (Wildman–Crippen MR) is 203 cm³/mol. The topological polar surface area (TPSA) is 132 Å². The molecule has 0 atom stereocenters. The van der Waals surface area contributed by atoms with Gasteiger partial charge in [-0.1, -0.05) is 18.2 Å². The molecule has 3 N–H and O–H groups in total. The first-order valence-electron chi connectivity index (χ1n) is 18.6. The highest BCUT2D eigenvalue weighted by Gasteiger charge is 2.41. The van der Waals surface area contributed by atoms with E-state index in [4.69, 9.17) is 20.4 Å². The molecule has 53 heavy (non-hydrogen) atoms. The Bertz CT molecular complexity index is 2180. The van der Waals surface area contributed by atoms with Crippen LogP contribution in [-0.4, -0.2) is 67.7 Å². The van der Waals surface area contributed by atoms with Crippen LogP contribution in [0.4, 0.5) is 20.7 Å². The van der Waals surface area contributed by atoms with Gasteiger partial charge >= 0.3 is 6.09 Å². The molecule has 5 heterocycles. The van der Waals surface area contributed by atoms with E-state index in [1.54, 1.807) is 18.3 Å². The zero-order valence-corrected chi connectivity index (χ0v) is 30.4. The van der Waals surface area contributed by atoms with Crippen molar-refractivity contribution in [2.45, 2.75) is 82.9 Å². The molecule has 5 aromatic rings. The van der Waals surface area contributed by atoms with Gasteiger partial charge in [-0.15, -0.1) is 0 Å². The monoisotopic (exact) mass is 716 g/mol. The summed E-state index contributed by atoms with van der Waals surface area (Å²) in [5.74, 6) is 0.792. The van der Waals surface area contributed by atoms with Crippen LogP contribution in [0.2, 0.25) is 0 Å². The van der Waals surface area contributed by atoms with Crippen molar-refractivity contribution in [3.8, 4) is 28.3 Å². The first-order valence-corrected chi connectivity index (χ1v) is 18.6. The highest BCUT2D eigenvalue weighted by molar-refractivity contribution is 5.85. The average molecular weight is 717 g/mol. The van der Waals surface area contributed by atoms with Gasteiger partial charge in [0.15, 0.2) is 17.3 Å². The Kier molecular flexibility index (Phi) is 8.78. The summed E-state index contributed by atoms with van der Waals surface area (Å²) >= 11 is 0. The number of alkyl carbamates (subject to hydrolysis) is 1. The number of carbonyl (C=O) groups excluding carboxylic acids is 2. The Morgan fingerprint density at radius 1 is 0.943 bits per heavy atom. The van der Waals surface area contributed by atoms with E-state index in [0.29, 0.717) is 64.8 Å². The molecule has 0 spiro atoms. The summed E-state index contributed by atoms with van der Waals surface area (Å²) in [6.45, 7) is 7.73. The van der Waals surface area contributed by atoms with Crippen molar-refractivity contribution in [1.29, 1.82) is 0 Å². The smallest absolute Gasteiger partial charge is 0.408 e. The Morgan fingerprint density at radius 2 is 1.70 bits per heavy atom. The van der Waals surface area contributed by atoms with Gasteiger partial charge in [0.25, 0.3) is 0 Å². The number of benzene rings is 2. The fraction of sp³-hybridized carbons (Fsp3) is 0.390. The largest absolute Gasteiger partial charge is 0.444 e. The minimum atomic E-state index is -0.602. The number of aromatic nitrogens is 4. The van der Waals surface area contributed by atoms with Crippen LogP contribution in [0, 0.1) is 5.82 Å². The molecule has 12 heteroatoms. The Morgan fingerprint density at radius 3 is 2.36 bits per heavy atom. The lowest BCUT2D eigenvalue weighted by molar-refractivity contribution is -0.130. The number of nitrogens with zero attached hydrogens (tertiary/aromatic N) is 6. The maximum Gasteiger partial charge on any atom is 0.408 e. The van der Waals surface area contributed by atoms with Crippen LogP contribution in [0.15, 0.2) is 72.9 Å². The molecule has 2 aliphatic heterocycles. The van der Waals surface area contributed by atoms with Gasteiger partial charge in [0.05, 0.1) is 22.5 Å². The molecule has 0 bridgehead atoms. The molecule has 0 unspecified atom stereocenters. The number of amides is 2. The SMILES string of the molecule is CC(C)(C)OC(=O)NC1(c2ccc(-n3c(-c4cccnc4N)nc4ccc(-c5cccc(N6CCC(N7CCCC7=O)CC6)c5F)nc43)cc2)CCC1. The van der Waals surface area contributed by atoms with E-state index < -0.39 is 17.2 Å². The normalized spacial score (nSPS) is 17.6. The van der Waals surface area contributed by atoms with Crippen molar-refractivity contribution in [3.63, 3.8) is 0 Å². The molecule has 11 nitrogen and oxygen atoms in total. The number of fused-ring (bicyclic) bond motifs is 1. The third-order valence-electron chi connectivity index (χ3n) is 10.8. The fourth-order valence-electron chi connectivity index (χ4n) is 8.02. The molecule has 2 aromatic carbocycles. The second kappa shape index (κ2) is 13.5. The van der Waals surface area contributed by atoms with Crippen molar-refractivity contribution >= 4 is 34.7 Å². The highest BCUT2D eigenvalue weighted by atomic mass is 19.1. The molecular formula is C41H45FN8O3. The number of piperidine rings is 1. The maximum absolute atomic E-state index is 16.5. The average Bonchev–Trinajstić information content (AvgIpc) is 3.72. The summed E-state index contributed by atoms with van der Waals surface area (Å²) < 4.78 is 24.0. The van der Waals surface area contributed by atoms with Gasteiger partial charge in [0, 0.05) is 49.5 Å². The standard InChI is InChI=1S/C41H45FN8O3/c1-40(2,3)53-39(52)47-41(20-7-21-41)26-12-14-28(15-13-26)50-37(30-9-5-22-44-36(30)43)46-32-17-16-31(45-38(32)50)29-8-4-10-33(35(29)42)48-24-18-27(19-25-48)49-23-6-11-34(49)51/h4-5,8-10,12-17,22,27H,6-7,11,18-21,23-25H2,1-3H3,(H2,43,44)(H,47,52). The van der Waals surface area contributed by atoms with Crippen LogP contribution in [0.25, 0.3) is 39.5 Å². The van der Waals surface area contributed by atoms with Crippen molar-refractivity contribution in [2.75, 3.05) is 30.3 Å². The van der Waals surface area contributed by atoms with E-state index in [2.05, 4.69) is 15.2 Å². The van der Waals surface area contributed by atoms with Gasteiger partial charge in [0.2, 0.25) is 5.91 Å². The minimum Gasteiger partial charge on any atom is -0.444 e. The van der Waals surface area contributed by atoms with Crippen molar-refractivity contribution in [1.82, 2.24) is 29.7 Å². The molecular weight excluding hydrogens is 672 g/mol. The Labute approximate surface area is 308 Å². The number of nitrogens with one attached hydrogen (secondary N) is 1. The van der Waals surface area contributed by atoms with Crippen LogP contribution >= 0.6 is 0 Å². The summed E-state index contributed by atoms with van der Waals surface area (Å²) in [5, 5.41) is 3.13. The molecule has 3 fully saturated rings. The number of nitrogens with two attached hydrogens (primary N) is 1. The van der Waals surface area contributed by atoms with Crippen LogP contribution in [0.5, 0.6) is 0 Å². The lowest BCUT2D eigenvalue weighted by Crippen LogP contribution is -2.52. The quantitative estimate of drug-likeness (QED) is 0.179. The summed E-state index contributed by atoms with van der Waals surface area (Å²) in [5.41, 5.74) is 10.2. The molecule has 274 valence electrons. The van der Waals surface area contributed by atoms with Gasteiger partial charge in [-0.05, 0) is 113 Å². The third-order valence-corrected chi connectivity index (χ3v) is 10.8. The molecule has 2 amide bonds. The molecule has 1 aliphatic carbocycles. The van der Waals surface area contributed by atoms with Gasteiger partial charge < -0.3 is 25.6 Å². The lowest BCUT2D eigenvalue weighted by atomic mass is 9.72. The molecule has 8 rings (SSSR count). The first kappa shape index (κ1) is 34.6. The molecule has 1 saturated carbocycles. The van der Waals surface area contributed by atoms with Gasteiger partial charge in [-0.3, -0.25) is 9.36 Å². The van der Waals surface area contributed by atoms with Crippen molar-refractivity contribution in [3.05, 3.63) is 84.3 Å². The van der Waals surface area contributed by atoms with Gasteiger partial charge in [-0.2, -0.15) is 0 Å². The van der Waals surface area contributed by atoms with E-state index in [0.717, 1.165) is 56.3 Å². The molecule has 0 radical (unpaired) electrons. The molecule has 3 aliphatic rings. The van der Waals surface area contributed by atoms with Gasteiger partial charge in [0.1, 0.15) is 16.9 Å². The molecule has 2 saturated heterocycles. The Hall–Kier alpha value is -5.52. The first-order chi connectivity index (χ1) is 25.5. The number of ether oxygens (including phenoxy) is 1. The van der Waals surface area contributed by atoms with E-state index in [1.807, 2.05) is 84.8 Å². The number of pyridine rings is 2. The third kappa shape index (κ3) is 6.55. The number of imidazole rings is 1. The maximum atomic E-state index is 16.5. The van der Waals surface area contributed by atoms with E-state index in [-0.39, 0.29) is 17.8 Å². The summed E-state index contributed by atoms with van der Waals surface area (Å²) in [6.07, 6.45) is 6.99. The lowest BCUT2D eigenvalue weighted by Gasteiger charge is -2.43. The van der Waals surface area contributed by atoms with Crippen LogP contribution in [-0.2, 0) is 15.1 Å². The predicted octanol–water partition coefficient (Wildman–Crippen LogP) is 7.37. The highest BCUT2D eigenvalue weighted by Crippen LogP contribution is 2.42.